The Labute approximate surface area is 178 Å². The molecule has 0 unspecified atom stereocenters. The van der Waals surface area contributed by atoms with Crippen LogP contribution in [0.2, 0.25) is 0 Å². The highest BCUT2D eigenvalue weighted by atomic mass is 32.2. The van der Waals surface area contributed by atoms with Crippen molar-refractivity contribution in [1.82, 2.24) is 4.31 Å². The van der Waals surface area contributed by atoms with Gasteiger partial charge in [0.05, 0.1) is 19.1 Å². The molecule has 162 valence electrons. The van der Waals surface area contributed by atoms with Crippen molar-refractivity contribution in [2.45, 2.75) is 25.7 Å². The number of carbonyl (C=O) groups excluding carboxylic acids is 1. The first-order valence-electron chi connectivity index (χ1n) is 9.58. The summed E-state index contributed by atoms with van der Waals surface area (Å²) in [5.74, 6) is 0.833. The second kappa shape index (κ2) is 10.3. The van der Waals surface area contributed by atoms with Crippen LogP contribution >= 0.6 is 0 Å². The van der Waals surface area contributed by atoms with Crippen LogP contribution in [0.4, 0.5) is 5.69 Å². The normalized spacial score (nSPS) is 11.7. The standard InChI is InChI=1S/C22H28N2O5S/c1-6-24(7-2)30(26,27)21-14-18(11-8-16(21)3)23-22(25)13-10-17-9-12-19(28-4)15-20(17)29-5/h8-15H,6-7H2,1-5H3,(H,23,25). The molecule has 0 aliphatic carbocycles. The fourth-order valence-electron chi connectivity index (χ4n) is 2.96. The van der Waals surface area contributed by atoms with Crippen LogP contribution in [0.1, 0.15) is 25.0 Å². The van der Waals surface area contributed by atoms with E-state index >= 15 is 0 Å². The molecule has 2 aromatic rings. The number of hydrogen-bond donors (Lipinski definition) is 1. The van der Waals surface area contributed by atoms with Gasteiger partial charge >= 0.3 is 0 Å². The van der Waals surface area contributed by atoms with E-state index in [9.17, 15) is 13.2 Å². The highest BCUT2D eigenvalue weighted by molar-refractivity contribution is 7.89. The molecule has 2 aromatic carbocycles. The van der Waals surface area contributed by atoms with Gasteiger partial charge in [0.2, 0.25) is 15.9 Å². The minimum atomic E-state index is -3.63. The number of benzene rings is 2. The fourth-order valence-corrected chi connectivity index (χ4v) is 4.67. The SMILES string of the molecule is CCN(CC)S(=O)(=O)c1cc(NC(=O)C=Cc2ccc(OC)cc2OC)ccc1C. The Morgan fingerprint density at radius 2 is 1.77 bits per heavy atom. The van der Waals surface area contributed by atoms with Crippen LogP contribution in [0.25, 0.3) is 6.08 Å². The van der Waals surface area contributed by atoms with Gasteiger partial charge in [-0.1, -0.05) is 19.9 Å². The molecule has 0 saturated heterocycles. The van der Waals surface area contributed by atoms with Gasteiger partial charge in [0.15, 0.2) is 0 Å². The Morgan fingerprint density at radius 3 is 2.37 bits per heavy atom. The van der Waals surface area contributed by atoms with Gasteiger partial charge in [0.1, 0.15) is 11.5 Å². The maximum absolute atomic E-state index is 12.9. The molecule has 0 heterocycles. The summed E-state index contributed by atoms with van der Waals surface area (Å²) in [5.41, 5.74) is 1.74. The summed E-state index contributed by atoms with van der Waals surface area (Å²) in [4.78, 5) is 12.6. The monoisotopic (exact) mass is 432 g/mol. The highest BCUT2D eigenvalue weighted by Gasteiger charge is 2.24. The minimum Gasteiger partial charge on any atom is -0.497 e. The van der Waals surface area contributed by atoms with Crippen molar-refractivity contribution in [2.24, 2.45) is 0 Å². The van der Waals surface area contributed by atoms with E-state index in [0.29, 0.717) is 41.4 Å². The van der Waals surface area contributed by atoms with Crippen molar-refractivity contribution in [1.29, 1.82) is 0 Å². The number of nitrogens with zero attached hydrogens (tertiary/aromatic N) is 1. The van der Waals surface area contributed by atoms with Crippen LogP contribution in [0.5, 0.6) is 11.5 Å². The molecule has 8 heteroatoms. The van der Waals surface area contributed by atoms with E-state index in [1.54, 1.807) is 64.3 Å². The van der Waals surface area contributed by atoms with Crippen molar-refractivity contribution in [3.63, 3.8) is 0 Å². The number of sulfonamides is 1. The third kappa shape index (κ3) is 5.40. The number of hydrogen-bond acceptors (Lipinski definition) is 5. The average Bonchev–Trinajstić information content (AvgIpc) is 2.74. The van der Waals surface area contributed by atoms with Crippen LogP contribution in [0.15, 0.2) is 47.4 Å². The zero-order valence-electron chi connectivity index (χ0n) is 17.9. The Morgan fingerprint density at radius 1 is 1.07 bits per heavy atom. The number of rotatable bonds is 9. The number of ether oxygens (including phenoxy) is 2. The average molecular weight is 433 g/mol. The van der Waals surface area contributed by atoms with Crippen LogP contribution in [0.3, 0.4) is 0 Å². The van der Waals surface area contributed by atoms with E-state index < -0.39 is 10.0 Å². The van der Waals surface area contributed by atoms with E-state index in [1.807, 2.05) is 0 Å². The minimum absolute atomic E-state index is 0.185. The Bertz CT molecular complexity index is 1030. The smallest absolute Gasteiger partial charge is 0.248 e. The van der Waals surface area contributed by atoms with Crippen LogP contribution in [-0.2, 0) is 14.8 Å². The lowest BCUT2D eigenvalue weighted by atomic mass is 10.1. The quantitative estimate of drug-likeness (QED) is 0.611. The molecule has 1 amide bonds. The molecule has 0 aliphatic rings. The topological polar surface area (TPSA) is 84.9 Å². The van der Waals surface area contributed by atoms with E-state index in [4.69, 9.17) is 9.47 Å². The summed E-state index contributed by atoms with van der Waals surface area (Å²) in [7, 11) is -0.524. The largest absolute Gasteiger partial charge is 0.497 e. The summed E-state index contributed by atoms with van der Waals surface area (Å²) in [6.07, 6.45) is 2.98. The number of amides is 1. The Hall–Kier alpha value is -2.84. The molecule has 7 nitrogen and oxygen atoms in total. The van der Waals surface area contributed by atoms with Crippen molar-refractivity contribution < 1.29 is 22.7 Å². The van der Waals surface area contributed by atoms with Gasteiger partial charge in [0.25, 0.3) is 0 Å². The Balaban J connectivity index is 2.23. The molecule has 1 N–H and O–H groups in total. The Kier molecular flexibility index (Phi) is 8.02. The van der Waals surface area contributed by atoms with Gasteiger partial charge in [-0.15, -0.1) is 0 Å². The van der Waals surface area contributed by atoms with E-state index in [2.05, 4.69) is 5.32 Å². The summed E-state index contributed by atoms with van der Waals surface area (Å²) in [5, 5.41) is 2.71. The lowest BCUT2D eigenvalue weighted by molar-refractivity contribution is -0.111. The first kappa shape index (κ1) is 23.4. The number of carbonyl (C=O) groups is 1. The van der Waals surface area contributed by atoms with Gasteiger partial charge in [-0.25, -0.2) is 8.42 Å². The summed E-state index contributed by atoms with van der Waals surface area (Å²) in [6, 6.07) is 10.1. The van der Waals surface area contributed by atoms with Crippen LogP contribution in [-0.4, -0.2) is 45.9 Å². The predicted molar refractivity (Wildman–Crippen MR) is 118 cm³/mol. The molecular weight excluding hydrogens is 404 g/mol. The molecule has 0 spiro atoms. The van der Waals surface area contributed by atoms with E-state index in [-0.39, 0.29) is 10.8 Å². The zero-order valence-corrected chi connectivity index (χ0v) is 18.7. The molecule has 0 fully saturated rings. The molecule has 2 rings (SSSR count). The van der Waals surface area contributed by atoms with Crippen molar-refractivity contribution in [3.8, 4) is 11.5 Å². The first-order chi connectivity index (χ1) is 14.3. The van der Waals surface area contributed by atoms with Gasteiger partial charge in [-0.2, -0.15) is 4.31 Å². The zero-order chi connectivity index (χ0) is 22.3. The maximum atomic E-state index is 12.9. The third-order valence-corrected chi connectivity index (χ3v) is 6.83. The molecule has 30 heavy (non-hydrogen) atoms. The van der Waals surface area contributed by atoms with Crippen molar-refractivity contribution in [3.05, 3.63) is 53.6 Å². The van der Waals surface area contributed by atoms with Gasteiger partial charge in [0, 0.05) is 36.5 Å². The van der Waals surface area contributed by atoms with Crippen LogP contribution < -0.4 is 14.8 Å². The number of anilines is 1. The number of nitrogens with one attached hydrogen (secondary N) is 1. The molecule has 0 radical (unpaired) electrons. The fraction of sp³-hybridized carbons (Fsp3) is 0.318. The van der Waals surface area contributed by atoms with Gasteiger partial charge in [-0.3, -0.25) is 4.79 Å². The first-order valence-corrected chi connectivity index (χ1v) is 11.0. The molecule has 0 aromatic heterocycles. The predicted octanol–water partition coefficient (Wildman–Crippen LogP) is 3.69. The maximum Gasteiger partial charge on any atom is 0.248 e. The van der Waals surface area contributed by atoms with Gasteiger partial charge < -0.3 is 14.8 Å². The summed E-state index contributed by atoms with van der Waals surface area (Å²) >= 11 is 0. The van der Waals surface area contributed by atoms with Crippen molar-refractivity contribution >= 4 is 27.7 Å². The second-order valence-electron chi connectivity index (χ2n) is 6.50. The summed E-state index contributed by atoms with van der Waals surface area (Å²) < 4.78 is 37.6. The molecule has 0 aliphatic heterocycles. The second-order valence-corrected chi connectivity index (χ2v) is 8.41. The molecule has 0 atom stereocenters. The van der Waals surface area contributed by atoms with Gasteiger partial charge in [-0.05, 0) is 42.8 Å². The van der Waals surface area contributed by atoms with E-state index in [0.717, 1.165) is 0 Å². The lowest BCUT2D eigenvalue weighted by Crippen LogP contribution is -2.31. The lowest BCUT2D eigenvalue weighted by Gasteiger charge is -2.20. The third-order valence-electron chi connectivity index (χ3n) is 4.63. The van der Waals surface area contributed by atoms with Crippen molar-refractivity contribution in [2.75, 3.05) is 32.6 Å². The molecular formula is C22H28N2O5S. The molecule has 0 bridgehead atoms. The number of aryl methyl sites for hydroxylation is 1. The highest BCUT2D eigenvalue weighted by Crippen LogP contribution is 2.26. The van der Waals surface area contributed by atoms with E-state index in [1.165, 1.54) is 23.6 Å². The van der Waals surface area contributed by atoms with Crippen LogP contribution in [0, 0.1) is 6.92 Å². The number of methoxy groups -OCH3 is 2. The molecule has 0 saturated carbocycles. The summed E-state index contributed by atoms with van der Waals surface area (Å²) in [6.45, 7) is 6.07.